The van der Waals surface area contributed by atoms with Gasteiger partial charge in [0.05, 0.1) is 0 Å². The Morgan fingerprint density at radius 3 is 2.63 bits per heavy atom. The van der Waals surface area contributed by atoms with E-state index in [0.29, 0.717) is 17.9 Å². The van der Waals surface area contributed by atoms with E-state index >= 15 is 0 Å². The zero-order chi connectivity index (χ0) is 13.4. The number of hydrogen-bond acceptors (Lipinski definition) is 1. The molecular weight excluding hydrogens is 260 g/mol. The molecule has 3 rings (SSSR count). The summed E-state index contributed by atoms with van der Waals surface area (Å²) in [5.41, 5.74) is 3.90. The molecule has 0 radical (unpaired) electrons. The van der Waals surface area contributed by atoms with E-state index in [0.717, 1.165) is 41.0 Å². The van der Waals surface area contributed by atoms with Gasteiger partial charge in [-0.1, -0.05) is 36.6 Å². The Morgan fingerprint density at radius 1 is 1.21 bits per heavy atom. The molecule has 0 atom stereocenters. The molecule has 19 heavy (non-hydrogen) atoms. The number of carboxylic acid groups (broad SMARTS) is 1. The Kier molecular flexibility index (Phi) is 3.36. The molecule has 0 aromatic heterocycles. The van der Waals surface area contributed by atoms with Crippen molar-refractivity contribution in [3.05, 3.63) is 39.9 Å². The minimum Gasteiger partial charge on any atom is -0.478 e. The van der Waals surface area contributed by atoms with Gasteiger partial charge in [0.25, 0.3) is 0 Å². The van der Waals surface area contributed by atoms with E-state index in [1.807, 2.05) is 18.2 Å². The predicted molar refractivity (Wildman–Crippen MR) is 76.3 cm³/mol. The summed E-state index contributed by atoms with van der Waals surface area (Å²) in [6, 6.07) is 5.87. The van der Waals surface area contributed by atoms with Crippen LogP contribution in [0.15, 0.2) is 23.8 Å². The van der Waals surface area contributed by atoms with Crippen LogP contribution in [0.25, 0.3) is 5.57 Å². The highest BCUT2D eigenvalue weighted by Gasteiger charge is 2.30. The molecule has 2 nitrogen and oxygen atoms in total. The van der Waals surface area contributed by atoms with E-state index in [4.69, 9.17) is 11.6 Å². The third-order valence-electron chi connectivity index (χ3n) is 4.38. The third kappa shape index (κ3) is 2.18. The fraction of sp³-hybridized carbons (Fsp3) is 0.438. The number of carboxylic acids is 1. The van der Waals surface area contributed by atoms with Crippen molar-refractivity contribution in [1.29, 1.82) is 0 Å². The summed E-state index contributed by atoms with van der Waals surface area (Å²) in [4.78, 5) is 11.5. The van der Waals surface area contributed by atoms with Crippen molar-refractivity contribution >= 4 is 23.1 Å². The first-order valence-electron chi connectivity index (χ1n) is 6.92. The second kappa shape index (κ2) is 5.01. The van der Waals surface area contributed by atoms with Gasteiger partial charge in [-0.25, -0.2) is 4.79 Å². The molecule has 0 bridgehead atoms. The summed E-state index contributed by atoms with van der Waals surface area (Å²) in [7, 11) is 0. The van der Waals surface area contributed by atoms with Gasteiger partial charge < -0.3 is 5.11 Å². The van der Waals surface area contributed by atoms with E-state index in [9.17, 15) is 9.90 Å². The second-order valence-corrected chi connectivity index (χ2v) is 5.85. The van der Waals surface area contributed by atoms with Gasteiger partial charge in [-0.2, -0.15) is 0 Å². The maximum atomic E-state index is 11.5. The predicted octanol–water partition coefficient (Wildman–Crippen LogP) is 4.31. The van der Waals surface area contributed by atoms with E-state index in [2.05, 4.69) is 0 Å². The highest BCUT2D eigenvalue weighted by atomic mass is 35.5. The molecule has 3 heteroatoms. The summed E-state index contributed by atoms with van der Waals surface area (Å²) in [6.45, 7) is 0. The Balaban J connectivity index is 2.17. The van der Waals surface area contributed by atoms with E-state index in [1.165, 1.54) is 12.8 Å². The monoisotopic (exact) mass is 276 g/mol. The average Bonchev–Trinajstić information content (AvgIpc) is 2.91. The van der Waals surface area contributed by atoms with Crippen molar-refractivity contribution in [1.82, 2.24) is 0 Å². The molecule has 0 spiro atoms. The molecule has 2 aliphatic carbocycles. The molecule has 100 valence electrons. The number of hydrogen-bond donors (Lipinski definition) is 1. The van der Waals surface area contributed by atoms with Gasteiger partial charge in [0.2, 0.25) is 0 Å². The molecular formula is C16H17ClO2. The van der Waals surface area contributed by atoms with Gasteiger partial charge in [0.15, 0.2) is 0 Å². The van der Waals surface area contributed by atoms with E-state index in [-0.39, 0.29) is 0 Å². The Morgan fingerprint density at radius 2 is 1.95 bits per heavy atom. The van der Waals surface area contributed by atoms with E-state index in [1.54, 1.807) is 0 Å². The molecule has 0 amide bonds. The van der Waals surface area contributed by atoms with Crippen molar-refractivity contribution in [3.63, 3.8) is 0 Å². The van der Waals surface area contributed by atoms with Crippen LogP contribution >= 0.6 is 11.6 Å². The van der Waals surface area contributed by atoms with Crippen molar-refractivity contribution in [2.24, 2.45) is 5.92 Å². The molecule has 1 N–H and O–H groups in total. The van der Waals surface area contributed by atoms with Crippen molar-refractivity contribution in [2.75, 3.05) is 0 Å². The molecule has 1 fully saturated rings. The molecule has 0 aliphatic heterocycles. The van der Waals surface area contributed by atoms with Crippen molar-refractivity contribution < 1.29 is 9.90 Å². The van der Waals surface area contributed by atoms with Gasteiger partial charge in [0, 0.05) is 10.6 Å². The van der Waals surface area contributed by atoms with Gasteiger partial charge in [-0.3, -0.25) is 0 Å². The summed E-state index contributed by atoms with van der Waals surface area (Å²) in [5.74, 6) is -0.351. The fourth-order valence-corrected chi connectivity index (χ4v) is 3.78. The highest BCUT2D eigenvalue weighted by molar-refractivity contribution is 6.31. The highest BCUT2D eigenvalue weighted by Crippen LogP contribution is 2.44. The van der Waals surface area contributed by atoms with Crippen LogP contribution < -0.4 is 0 Å². The standard InChI is InChI=1S/C16H17ClO2/c17-14-7-3-6-12-11(14)8-9-13(16(18)19)15(12)10-4-1-2-5-10/h3,6-7,10H,1-2,4-5,8-9H2,(H,18,19). The topological polar surface area (TPSA) is 37.3 Å². The number of benzene rings is 1. The van der Waals surface area contributed by atoms with Gasteiger partial charge in [-0.15, -0.1) is 0 Å². The first-order chi connectivity index (χ1) is 9.18. The Labute approximate surface area is 118 Å². The minimum atomic E-state index is -0.757. The molecule has 0 heterocycles. The van der Waals surface area contributed by atoms with Crippen LogP contribution in [0.4, 0.5) is 0 Å². The molecule has 2 aliphatic rings. The lowest BCUT2D eigenvalue weighted by Crippen LogP contribution is -2.16. The van der Waals surface area contributed by atoms with Gasteiger partial charge in [0.1, 0.15) is 0 Å². The number of rotatable bonds is 2. The Hall–Kier alpha value is -1.28. The molecule has 1 aromatic rings. The smallest absolute Gasteiger partial charge is 0.331 e. The SMILES string of the molecule is O=C(O)C1=C(C2CCCC2)c2cccc(Cl)c2CC1. The number of aliphatic carboxylic acids is 1. The Bertz CT molecular complexity index is 554. The minimum absolute atomic E-state index is 0.406. The normalized spacial score (nSPS) is 19.6. The molecule has 0 saturated heterocycles. The van der Waals surface area contributed by atoms with Crippen LogP contribution in [-0.4, -0.2) is 11.1 Å². The lowest BCUT2D eigenvalue weighted by atomic mass is 9.78. The first-order valence-corrected chi connectivity index (χ1v) is 7.30. The van der Waals surface area contributed by atoms with Gasteiger partial charge in [-0.05, 0) is 54.4 Å². The largest absolute Gasteiger partial charge is 0.478 e. The lowest BCUT2D eigenvalue weighted by molar-refractivity contribution is -0.132. The van der Waals surface area contributed by atoms with Gasteiger partial charge >= 0.3 is 5.97 Å². The van der Waals surface area contributed by atoms with E-state index < -0.39 is 5.97 Å². The third-order valence-corrected chi connectivity index (χ3v) is 4.73. The van der Waals surface area contributed by atoms with Crippen LogP contribution in [0, 0.1) is 5.92 Å². The zero-order valence-electron chi connectivity index (χ0n) is 10.8. The summed E-state index contributed by atoms with van der Waals surface area (Å²) in [5, 5.41) is 10.2. The van der Waals surface area contributed by atoms with Crippen LogP contribution in [0.2, 0.25) is 5.02 Å². The maximum absolute atomic E-state index is 11.5. The number of fused-ring (bicyclic) bond motifs is 1. The first kappa shape index (κ1) is 12.7. The summed E-state index contributed by atoms with van der Waals surface area (Å²) < 4.78 is 0. The number of carbonyl (C=O) groups is 1. The second-order valence-electron chi connectivity index (χ2n) is 5.44. The fourth-order valence-electron chi connectivity index (χ4n) is 3.52. The lowest BCUT2D eigenvalue weighted by Gasteiger charge is -2.26. The molecule has 1 aromatic carbocycles. The summed E-state index contributed by atoms with van der Waals surface area (Å²) in [6.07, 6.45) is 5.98. The van der Waals surface area contributed by atoms with Crippen LogP contribution in [-0.2, 0) is 11.2 Å². The van der Waals surface area contributed by atoms with Crippen molar-refractivity contribution in [3.8, 4) is 0 Å². The van der Waals surface area contributed by atoms with Crippen LogP contribution in [0.3, 0.4) is 0 Å². The van der Waals surface area contributed by atoms with Crippen molar-refractivity contribution in [2.45, 2.75) is 38.5 Å². The van der Waals surface area contributed by atoms with Crippen LogP contribution in [0.1, 0.15) is 43.2 Å². The quantitative estimate of drug-likeness (QED) is 0.874. The number of allylic oxidation sites excluding steroid dienone is 1. The maximum Gasteiger partial charge on any atom is 0.331 e. The number of halogens is 1. The average molecular weight is 277 g/mol. The molecule has 0 unspecified atom stereocenters. The zero-order valence-corrected chi connectivity index (χ0v) is 11.5. The summed E-state index contributed by atoms with van der Waals surface area (Å²) >= 11 is 6.27. The van der Waals surface area contributed by atoms with Crippen LogP contribution in [0.5, 0.6) is 0 Å². The molecule has 1 saturated carbocycles.